The maximum Gasteiger partial charge on any atom is 0.128 e. The van der Waals surface area contributed by atoms with E-state index in [1.54, 1.807) is 0 Å². The minimum absolute atomic E-state index is 0.717. The molecule has 0 N–H and O–H groups in total. The van der Waals surface area contributed by atoms with Crippen molar-refractivity contribution < 1.29 is 0 Å². The molecule has 2 nitrogen and oxygen atoms in total. The summed E-state index contributed by atoms with van der Waals surface area (Å²) in [6.45, 7) is 3.43. The second kappa shape index (κ2) is 3.77. The zero-order chi connectivity index (χ0) is 9.10. The fourth-order valence-electron chi connectivity index (χ4n) is 2.09. The van der Waals surface area contributed by atoms with Crippen molar-refractivity contribution in [2.24, 2.45) is 0 Å². The summed E-state index contributed by atoms with van der Waals surface area (Å²) in [5, 5.41) is 0. The maximum absolute atomic E-state index is 4.38. The SMILES string of the molecule is CCC1CCCN1c1ccccn1. The molecule has 1 fully saturated rings. The van der Waals surface area contributed by atoms with Crippen molar-refractivity contribution in [2.75, 3.05) is 11.4 Å². The van der Waals surface area contributed by atoms with E-state index in [0.717, 1.165) is 11.9 Å². The Bertz CT molecular complexity index is 258. The van der Waals surface area contributed by atoms with Crippen molar-refractivity contribution in [2.45, 2.75) is 32.2 Å². The van der Waals surface area contributed by atoms with Gasteiger partial charge in [-0.2, -0.15) is 0 Å². The number of nitrogens with zero attached hydrogens (tertiary/aromatic N) is 2. The molecular weight excluding hydrogens is 160 g/mol. The minimum atomic E-state index is 0.717. The number of anilines is 1. The van der Waals surface area contributed by atoms with E-state index in [-0.39, 0.29) is 0 Å². The van der Waals surface area contributed by atoms with Gasteiger partial charge in [0.1, 0.15) is 5.82 Å². The van der Waals surface area contributed by atoms with Crippen LogP contribution < -0.4 is 4.90 Å². The fraction of sp³-hybridized carbons (Fsp3) is 0.545. The summed E-state index contributed by atoms with van der Waals surface area (Å²) in [4.78, 5) is 6.82. The van der Waals surface area contributed by atoms with Crippen LogP contribution >= 0.6 is 0 Å². The lowest BCUT2D eigenvalue weighted by atomic mass is 10.2. The Kier molecular flexibility index (Phi) is 2.48. The van der Waals surface area contributed by atoms with Gasteiger partial charge in [0.25, 0.3) is 0 Å². The molecule has 1 saturated heterocycles. The smallest absolute Gasteiger partial charge is 0.128 e. The van der Waals surface area contributed by atoms with Gasteiger partial charge in [-0.15, -0.1) is 0 Å². The van der Waals surface area contributed by atoms with E-state index in [9.17, 15) is 0 Å². The van der Waals surface area contributed by atoms with Crippen LogP contribution in [0.2, 0.25) is 0 Å². The number of pyridine rings is 1. The topological polar surface area (TPSA) is 16.1 Å². The van der Waals surface area contributed by atoms with Gasteiger partial charge in [0.05, 0.1) is 0 Å². The Morgan fingerprint density at radius 3 is 3.15 bits per heavy atom. The van der Waals surface area contributed by atoms with E-state index in [2.05, 4.69) is 28.9 Å². The summed E-state index contributed by atoms with van der Waals surface area (Å²) in [5.41, 5.74) is 0. The third-order valence-electron chi connectivity index (χ3n) is 2.79. The molecule has 1 atom stereocenters. The third-order valence-corrected chi connectivity index (χ3v) is 2.79. The van der Waals surface area contributed by atoms with E-state index in [0.29, 0.717) is 0 Å². The molecule has 1 aliphatic rings. The van der Waals surface area contributed by atoms with E-state index in [1.165, 1.54) is 25.8 Å². The normalized spacial score (nSPS) is 22.2. The molecule has 0 bridgehead atoms. The van der Waals surface area contributed by atoms with Crippen molar-refractivity contribution in [3.05, 3.63) is 24.4 Å². The summed E-state index contributed by atoms with van der Waals surface area (Å²) in [5.74, 6) is 1.15. The van der Waals surface area contributed by atoms with Gasteiger partial charge in [0.15, 0.2) is 0 Å². The first-order valence-electron chi connectivity index (χ1n) is 5.09. The highest BCUT2D eigenvalue weighted by atomic mass is 15.2. The Balaban J connectivity index is 2.16. The van der Waals surface area contributed by atoms with Crippen molar-refractivity contribution in [3.8, 4) is 0 Å². The fourth-order valence-corrected chi connectivity index (χ4v) is 2.09. The molecule has 2 heterocycles. The molecule has 1 unspecified atom stereocenters. The standard InChI is InChI=1S/C11H16N2/c1-2-10-6-5-9-13(10)11-7-3-4-8-12-11/h3-4,7-8,10H,2,5-6,9H2,1H3. The van der Waals surface area contributed by atoms with Crippen LogP contribution in [0.25, 0.3) is 0 Å². The summed E-state index contributed by atoms with van der Waals surface area (Å²) in [7, 11) is 0. The Hall–Kier alpha value is -1.05. The van der Waals surface area contributed by atoms with E-state index >= 15 is 0 Å². The van der Waals surface area contributed by atoms with Crippen molar-refractivity contribution in [1.82, 2.24) is 4.98 Å². The lowest BCUT2D eigenvalue weighted by Crippen LogP contribution is -2.28. The first kappa shape index (κ1) is 8.54. The second-order valence-corrected chi connectivity index (χ2v) is 3.59. The molecule has 2 rings (SSSR count). The molecule has 13 heavy (non-hydrogen) atoms. The number of aromatic nitrogens is 1. The maximum atomic E-state index is 4.38. The predicted octanol–water partition coefficient (Wildman–Crippen LogP) is 2.46. The van der Waals surface area contributed by atoms with Crippen LogP contribution in [0.3, 0.4) is 0 Å². The summed E-state index contributed by atoms with van der Waals surface area (Å²) in [6.07, 6.45) is 5.75. The number of hydrogen-bond donors (Lipinski definition) is 0. The number of rotatable bonds is 2. The molecule has 1 aliphatic heterocycles. The van der Waals surface area contributed by atoms with Gasteiger partial charge in [0, 0.05) is 18.8 Å². The molecule has 0 spiro atoms. The highest BCUT2D eigenvalue weighted by molar-refractivity contribution is 5.40. The van der Waals surface area contributed by atoms with Gasteiger partial charge in [-0.3, -0.25) is 0 Å². The van der Waals surface area contributed by atoms with Gasteiger partial charge in [-0.05, 0) is 31.4 Å². The Morgan fingerprint density at radius 1 is 1.54 bits per heavy atom. The van der Waals surface area contributed by atoms with Crippen LogP contribution in [0.1, 0.15) is 26.2 Å². The zero-order valence-corrected chi connectivity index (χ0v) is 8.11. The lowest BCUT2D eigenvalue weighted by molar-refractivity contribution is 0.640. The molecule has 1 aromatic rings. The summed E-state index contributed by atoms with van der Waals surface area (Å²) >= 11 is 0. The second-order valence-electron chi connectivity index (χ2n) is 3.59. The van der Waals surface area contributed by atoms with Gasteiger partial charge in [-0.25, -0.2) is 4.98 Å². The van der Waals surface area contributed by atoms with E-state index in [1.807, 2.05) is 12.3 Å². The van der Waals surface area contributed by atoms with Gasteiger partial charge < -0.3 is 4.90 Å². The van der Waals surface area contributed by atoms with Crippen LogP contribution in [-0.4, -0.2) is 17.6 Å². The van der Waals surface area contributed by atoms with Crippen LogP contribution in [0, 0.1) is 0 Å². The first-order chi connectivity index (χ1) is 6.42. The average molecular weight is 176 g/mol. The quantitative estimate of drug-likeness (QED) is 0.688. The molecule has 0 saturated carbocycles. The Labute approximate surface area is 79.6 Å². The van der Waals surface area contributed by atoms with Crippen LogP contribution in [-0.2, 0) is 0 Å². The molecular formula is C11H16N2. The average Bonchev–Trinajstić information content (AvgIpc) is 2.67. The van der Waals surface area contributed by atoms with Crippen molar-refractivity contribution in [3.63, 3.8) is 0 Å². The molecule has 70 valence electrons. The van der Waals surface area contributed by atoms with E-state index < -0.39 is 0 Å². The predicted molar refractivity (Wildman–Crippen MR) is 54.9 cm³/mol. The summed E-state index contributed by atoms with van der Waals surface area (Å²) in [6, 6.07) is 6.86. The molecule has 0 aromatic carbocycles. The molecule has 0 aliphatic carbocycles. The monoisotopic (exact) mass is 176 g/mol. The third kappa shape index (κ3) is 1.67. The van der Waals surface area contributed by atoms with Gasteiger partial charge >= 0.3 is 0 Å². The van der Waals surface area contributed by atoms with Crippen LogP contribution in [0.15, 0.2) is 24.4 Å². The highest BCUT2D eigenvalue weighted by Crippen LogP contribution is 2.24. The lowest BCUT2D eigenvalue weighted by Gasteiger charge is -2.24. The summed E-state index contributed by atoms with van der Waals surface area (Å²) < 4.78 is 0. The van der Waals surface area contributed by atoms with Crippen LogP contribution in [0.4, 0.5) is 5.82 Å². The molecule has 0 radical (unpaired) electrons. The minimum Gasteiger partial charge on any atom is -0.354 e. The Morgan fingerprint density at radius 2 is 2.46 bits per heavy atom. The first-order valence-corrected chi connectivity index (χ1v) is 5.09. The van der Waals surface area contributed by atoms with Crippen LogP contribution in [0.5, 0.6) is 0 Å². The van der Waals surface area contributed by atoms with Gasteiger partial charge in [0.2, 0.25) is 0 Å². The zero-order valence-electron chi connectivity index (χ0n) is 8.11. The molecule has 0 amide bonds. The van der Waals surface area contributed by atoms with E-state index in [4.69, 9.17) is 0 Å². The van der Waals surface area contributed by atoms with Gasteiger partial charge in [-0.1, -0.05) is 13.0 Å². The number of hydrogen-bond acceptors (Lipinski definition) is 2. The molecule has 2 heteroatoms. The van der Waals surface area contributed by atoms with Crippen molar-refractivity contribution in [1.29, 1.82) is 0 Å². The van der Waals surface area contributed by atoms with Crippen molar-refractivity contribution >= 4 is 5.82 Å². The largest absolute Gasteiger partial charge is 0.354 e. The molecule has 1 aromatic heterocycles. The highest BCUT2D eigenvalue weighted by Gasteiger charge is 2.23.